The standard InChI is InChI=1S/C10H12Cl2N2/c11-8-5-7(3-1-2-4-13)6-9(12)10(8)14/h1,3,5-6H,2,4,13-14H2. The van der Waals surface area contributed by atoms with Crippen molar-refractivity contribution in [3.05, 3.63) is 33.8 Å². The Morgan fingerprint density at radius 2 is 1.79 bits per heavy atom. The summed E-state index contributed by atoms with van der Waals surface area (Å²) in [7, 11) is 0. The van der Waals surface area contributed by atoms with E-state index in [-0.39, 0.29) is 0 Å². The van der Waals surface area contributed by atoms with Gasteiger partial charge in [-0.15, -0.1) is 0 Å². The van der Waals surface area contributed by atoms with Crippen LogP contribution >= 0.6 is 23.2 Å². The maximum absolute atomic E-state index is 5.86. The van der Waals surface area contributed by atoms with Gasteiger partial charge in [0.05, 0.1) is 15.7 Å². The summed E-state index contributed by atoms with van der Waals surface area (Å²) in [5.41, 5.74) is 12.3. The first-order chi connectivity index (χ1) is 6.65. The molecule has 1 rings (SSSR count). The van der Waals surface area contributed by atoms with Gasteiger partial charge in [-0.2, -0.15) is 0 Å². The molecule has 0 aliphatic rings. The van der Waals surface area contributed by atoms with Gasteiger partial charge in [0.1, 0.15) is 0 Å². The molecular formula is C10H12Cl2N2. The molecule has 0 unspecified atom stereocenters. The fraction of sp³-hybridized carbons (Fsp3) is 0.200. The molecule has 2 nitrogen and oxygen atoms in total. The van der Waals surface area contributed by atoms with Crippen molar-refractivity contribution in [3.8, 4) is 0 Å². The van der Waals surface area contributed by atoms with Crippen LogP contribution in [0.2, 0.25) is 10.0 Å². The second-order valence-corrected chi connectivity index (χ2v) is 3.69. The van der Waals surface area contributed by atoms with E-state index in [9.17, 15) is 0 Å². The number of halogens is 2. The van der Waals surface area contributed by atoms with Gasteiger partial charge in [-0.3, -0.25) is 0 Å². The highest BCUT2D eigenvalue weighted by molar-refractivity contribution is 6.39. The largest absolute Gasteiger partial charge is 0.396 e. The predicted octanol–water partition coefficient (Wildman–Crippen LogP) is 2.94. The zero-order valence-electron chi connectivity index (χ0n) is 7.63. The van der Waals surface area contributed by atoms with Crippen LogP contribution in [0.15, 0.2) is 18.2 Å². The summed E-state index contributed by atoms with van der Waals surface area (Å²) in [6.45, 7) is 0.632. The molecule has 0 heterocycles. The molecule has 1 aromatic carbocycles. The molecule has 0 spiro atoms. The summed E-state index contributed by atoms with van der Waals surface area (Å²) in [5.74, 6) is 0. The van der Waals surface area contributed by atoms with E-state index in [0.29, 0.717) is 22.3 Å². The van der Waals surface area contributed by atoms with Crippen LogP contribution < -0.4 is 11.5 Å². The van der Waals surface area contributed by atoms with Crippen LogP contribution in [0.1, 0.15) is 12.0 Å². The Labute approximate surface area is 93.5 Å². The van der Waals surface area contributed by atoms with Gasteiger partial charge in [0.2, 0.25) is 0 Å². The van der Waals surface area contributed by atoms with E-state index in [1.807, 2.05) is 12.2 Å². The molecule has 0 aromatic heterocycles. The summed E-state index contributed by atoms with van der Waals surface area (Å²) >= 11 is 11.7. The van der Waals surface area contributed by atoms with Crippen molar-refractivity contribution in [1.82, 2.24) is 0 Å². The molecule has 0 saturated carbocycles. The summed E-state index contributed by atoms with van der Waals surface area (Å²) in [6.07, 6.45) is 4.72. The molecule has 0 radical (unpaired) electrons. The highest BCUT2D eigenvalue weighted by Gasteiger charge is 2.02. The van der Waals surface area contributed by atoms with Gasteiger partial charge in [0, 0.05) is 0 Å². The Morgan fingerprint density at radius 1 is 1.21 bits per heavy atom. The predicted molar refractivity (Wildman–Crippen MR) is 63.6 cm³/mol. The van der Waals surface area contributed by atoms with Crippen molar-refractivity contribution in [1.29, 1.82) is 0 Å². The normalized spacial score (nSPS) is 11.1. The van der Waals surface area contributed by atoms with Crippen LogP contribution in [0.3, 0.4) is 0 Å². The van der Waals surface area contributed by atoms with Gasteiger partial charge < -0.3 is 11.5 Å². The molecule has 0 atom stereocenters. The van der Waals surface area contributed by atoms with Crippen LogP contribution in [-0.2, 0) is 0 Å². The minimum Gasteiger partial charge on any atom is -0.396 e. The Balaban J connectivity index is 2.89. The van der Waals surface area contributed by atoms with Crippen LogP contribution in [0.5, 0.6) is 0 Å². The van der Waals surface area contributed by atoms with E-state index in [0.717, 1.165) is 12.0 Å². The smallest absolute Gasteiger partial charge is 0.0693 e. The molecule has 0 bridgehead atoms. The molecule has 76 valence electrons. The number of anilines is 1. The summed E-state index contributed by atoms with van der Waals surface area (Å²) in [4.78, 5) is 0. The first-order valence-electron chi connectivity index (χ1n) is 4.26. The lowest BCUT2D eigenvalue weighted by atomic mass is 10.2. The average Bonchev–Trinajstić information content (AvgIpc) is 2.14. The lowest BCUT2D eigenvalue weighted by Gasteiger charge is -2.02. The quantitative estimate of drug-likeness (QED) is 0.785. The zero-order chi connectivity index (χ0) is 10.6. The van der Waals surface area contributed by atoms with E-state index >= 15 is 0 Å². The number of hydrogen-bond acceptors (Lipinski definition) is 2. The van der Waals surface area contributed by atoms with Gasteiger partial charge in [0.15, 0.2) is 0 Å². The first-order valence-corrected chi connectivity index (χ1v) is 5.02. The third kappa shape index (κ3) is 2.91. The molecule has 4 heteroatoms. The van der Waals surface area contributed by atoms with E-state index in [2.05, 4.69) is 0 Å². The van der Waals surface area contributed by atoms with Gasteiger partial charge in [-0.05, 0) is 30.7 Å². The van der Waals surface area contributed by atoms with E-state index < -0.39 is 0 Å². The van der Waals surface area contributed by atoms with Crippen LogP contribution in [0, 0.1) is 0 Å². The molecule has 0 amide bonds. The molecule has 14 heavy (non-hydrogen) atoms. The minimum absolute atomic E-state index is 0.421. The lowest BCUT2D eigenvalue weighted by molar-refractivity contribution is 1.01. The van der Waals surface area contributed by atoms with Crippen LogP contribution in [0.4, 0.5) is 5.69 Å². The van der Waals surface area contributed by atoms with E-state index in [1.165, 1.54) is 0 Å². The van der Waals surface area contributed by atoms with Gasteiger partial charge in [0.25, 0.3) is 0 Å². The average molecular weight is 231 g/mol. The summed E-state index contributed by atoms with van der Waals surface area (Å²) in [5, 5.41) is 0.954. The summed E-state index contributed by atoms with van der Waals surface area (Å²) in [6, 6.07) is 3.55. The van der Waals surface area contributed by atoms with E-state index in [4.69, 9.17) is 34.7 Å². The third-order valence-corrected chi connectivity index (χ3v) is 2.37. The number of nitrogens with two attached hydrogens (primary N) is 2. The molecule has 0 aliphatic carbocycles. The van der Waals surface area contributed by atoms with Crippen molar-refractivity contribution >= 4 is 35.0 Å². The molecule has 1 aromatic rings. The van der Waals surface area contributed by atoms with Gasteiger partial charge in [-0.1, -0.05) is 35.4 Å². The monoisotopic (exact) mass is 230 g/mol. The Kier molecular flexibility index (Phi) is 4.26. The third-order valence-electron chi connectivity index (χ3n) is 1.75. The molecule has 0 fully saturated rings. The SMILES string of the molecule is NCCC=Cc1cc(Cl)c(N)c(Cl)c1. The fourth-order valence-electron chi connectivity index (χ4n) is 1.02. The maximum atomic E-state index is 5.86. The molecule has 4 N–H and O–H groups in total. The first kappa shape index (κ1) is 11.4. The van der Waals surface area contributed by atoms with Crippen LogP contribution in [-0.4, -0.2) is 6.54 Å². The topological polar surface area (TPSA) is 52.0 Å². The van der Waals surface area contributed by atoms with Gasteiger partial charge >= 0.3 is 0 Å². The fourth-order valence-corrected chi connectivity index (χ4v) is 1.52. The number of benzene rings is 1. The minimum atomic E-state index is 0.421. The second-order valence-electron chi connectivity index (χ2n) is 2.88. The Hall–Kier alpha value is -0.700. The molecule has 0 saturated heterocycles. The molecule has 0 aliphatic heterocycles. The highest BCUT2D eigenvalue weighted by Crippen LogP contribution is 2.29. The Morgan fingerprint density at radius 3 is 2.29 bits per heavy atom. The number of rotatable bonds is 3. The lowest BCUT2D eigenvalue weighted by Crippen LogP contribution is -1.95. The van der Waals surface area contributed by atoms with Crippen molar-refractivity contribution in [2.75, 3.05) is 12.3 Å². The Bertz CT molecular complexity index is 325. The van der Waals surface area contributed by atoms with Crippen molar-refractivity contribution in [2.24, 2.45) is 5.73 Å². The summed E-state index contributed by atoms with van der Waals surface area (Å²) < 4.78 is 0. The number of hydrogen-bond donors (Lipinski definition) is 2. The molecular weight excluding hydrogens is 219 g/mol. The van der Waals surface area contributed by atoms with Crippen LogP contribution in [0.25, 0.3) is 6.08 Å². The van der Waals surface area contributed by atoms with Crippen molar-refractivity contribution in [3.63, 3.8) is 0 Å². The van der Waals surface area contributed by atoms with Gasteiger partial charge in [-0.25, -0.2) is 0 Å². The maximum Gasteiger partial charge on any atom is 0.0693 e. The zero-order valence-corrected chi connectivity index (χ0v) is 9.15. The van der Waals surface area contributed by atoms with Crippen molar-refractivity contribution in [2.45, 2.75) is 6.42 Å². The van der Waals surface area contributed by atoms with Crippen molar-refractivity contribution < 1.29 is 0 Å². The van der Waals surface area contributed by atoms with E-state index in [1.54, 1.807) is 12.1 Å². The number of nitrogen functional groups attached to an aromatic ring is 1. The highest BCUT2D eigenvalue weighted by atomic mass is 35.5. The second kappa shape index (κ2) is 5.25.